The molecule has 0 bridgehead atoms. The summed E-state index contributed by atoms with van der Waals surface area (Å²) in [5, 5.41) is 5.98. The van der Waals surface area contributed by atoms with Crippen molar-refractivity contribution < 1.29 is 4.79 Å². The second-order valence-corrected chi connectivity index (χ2v) is 6.98. The minimum Gasteiger partial charge on any atom is -0.337 e. The van der Waals surface area contributed by atoms with Gasteiger partial charge in [-0.1, -0.05) is 20.8 Å². The molecule has 100 valence electrons. The van der Waals surface area contributed by atoms with Crippen molar-refractivity contribution >= 4 is 17.4 Å². The molecule has 0 spiro atoms. The van der Waals surface area contributed by atoms with Crippen LogP contribution in [0.25, 0.3) is 0 Å². The van der Waals surface area contributed by atoms with Crippen LogP contribution in [0.2, 0.25) is 0 Å². The number of hydrogen-bond acceptors (Lipinski definition) is 3. The molecule has 1 aliphatic carbocycles. The molecule has 4 nitrogen and oxygen atoms in total. The lowest BCUT2D eigenvalue weighted by Gasteiger charge is -2.25. The quantitative estimate of drug-likeness (QED) is 0.911. The molecule has 2 amide bonds. The van der Waals surface area contributed by atoms with E-state index in [-0.39, 0.29) is 11.4 Å². The van der Waals surface area contributed by atoms with Gasteiger partial charge in [-0.25, -0.2) is 9.78 Å². The van der Waals surface area contributed by atoms with Gasteiger partial charge in [-0.2, -0.15) is 0 Å². The third-order valence-corrected chi connectivity index (χ3v) is 3.57. The van der Waals surface area contributed by atoms with Crippen molar-refractivity contribution in [1.82, 2.24) is 15.2 Å². The van der Waals surface area contributed by atoms with Gasteiger partial charge in [0.25, 0.3) is 0 Å². The van der Waals surface area contributed by atoms with E-state index in [2.05, 4.69) is 31.1 Å². The standard InChI is InChI=1S/C13H21N3OS/c1-13(2,3)9-15-12(17)16(10-4-5-10)8-11-14-6-7-18-11/h6-7,10H,4-5,8-9H2,1-3H3,(H,15,17). The van der Waals surface area contributed by atoms with Gasteiger partial charge in [-0.15, -0.1) is 11.3 Å². The highest BCUT2D eigenvalue weighted by Gasteiger charge is 2.33. The monoisotopic (exact) mass is 267 g/mol. The summed E-state index contributed by atoms with van der Waals surface area (Å²) in [6, 6.07) is 0.455. The zero-order chi connectivity index (χ0) is 13.2. The number of urea groups is 1. The van der Waals surface area contributed by atoms with Crippen LogP contribution in [-0.2, 0) is 6.54 Å². The maximum atomic E-state index is 12.2. The van der Waals surface area contributed by atoms with E-state index < -0.39 is 0 Å². The molecule has 2 rings (SSSR count). The van der Waals surface area contributed by atoms with Crippen molar-refractivity contribution in [3.8, 4) is 0 Å². The Kier molecular flexibility index (Phi) is 3.90. The fraction of sp³-hybridized carbons (Fsp3) is 0.692. The summed E-state index contributed by atoms with van der Waals surface area (Å²) in [6.07, 6.45) is 4.03. The highest BCUT2D eigenvalue weighted by Crippen LogP contribution is 2.28. The second kappa shape index (κ2) is 5.26. The average molecular weight is 267 g/mol. The van der Waals surface area contributed by atoms with E-state index in [9.17, 15) is 4.79 Å². The van der Waals surface area contributed by atoms with Crippen LogP contribution in [-0.4, -0.2) is 28.5 Å². The second-order valence-electron chi connectivity index (χ2n) is 6.00. The van der Waals surface area contributed by atoms with Gasteiger partial charge in [0.05, 0.1) is 6.54 Å². The smallest absolute Gasteiger partial charge is 0.318 e. The van der Waals surface area contributed by atoms with Crippen LogP contribution < -0.4 is 5.32 Å². The van der Waals surface area contributed by atoms with Crippen LogP contribution in [0.15, 0.2) is 11.6 Å². The van der Waals surface area contributed by atoms with Crippen LogP contribution in [0.5, 0.6) is 0 Å². The highest BCUT2D eigenvalue weighted by atomic mass is 32.1. The first kappa shape index (κ1) is 13.3. The Morgan fingerprint density at radius 1 is 1.56 bits per heavy atom. The predicted molar refractivity (Wildman–Crippen MR) is 73.5 cm³/mol. The first-order valence-corrected chi connectivity index (χ1v) is 7.26. The van der Waals surface area contributed by atoms with Crippen LogP contribution >= 0.6 is 11.3 Å². The SMILES string of the molecule is CC(C)(C)CNC(=O)N(Cc1nccs1)C1CC1. The largest absolute Gasteiger partial charge is 0.337 e. The average Bonchev–Trinajstić information content (AvgIpc) is 2.99. The van der Waals surface area contributed by atoms with Gasteiger partial charge in [-0.05, 0) is 18.3 Å². The number of amides is 2. The molecule has 1 aromatic heterocycles. The molecular weight excluding hydrogens is 246 g/mol. The molecule has 1 N–H and O–H groups in total. The fourth-order valence-corrected chi connectivity index (χ4v) is 2.29. The Labute approximate surface area is 112 Å². The molecule has 5 heteroatoms. The van der Waals surface area contributed by atoms with E-state index in [1.165, 1.54) is 0 Å². The van der Waals surface area contributed by atoms with Crippen LogP contribution in [0.3, 0.4) is 0 Å². The van der Waals surface area contributed by atoms with E-state index in [1.807, 2.05) is 10.3 Å². The number of nitrogens with zero attached hydrogens (tertiary/aromatic N) is 2. The third-order valence-electron chi connectivity index (χ3n) is 2.81. The van der Waals surface area contributed by atoms with Crippen LogP contribution in [0.4, 0.5) is 4.79 Å². The van der Waals surface area contributed by atoms with E-state index in [4.69, 9.17) is 0 Å². The minimum atomic E-state index is 0.0441. The Balaban J connectivity index is 1.91. The lowest BCUT2D eigenvalue weighted by Crippen LogP contribution is -2.43. The summed E-state index contributed by atoms with van der Waals surface area (Å²) in [5.41, 5.74) is 0.117. The van der Waals surface area contributed by atoms with E-state index >= 15 is 0 Å². The number of carbonyl (C=O) groups is 1. The van der Waals surface area contributed by atoms with Gasteiger partial charge in [0, 0.05) is 24.2 Å². The third kappa shape index (κ3) is 3.98. The molecule has 1 aliphatic rings. The van der Waals surface area contributed by atoms with Crippen LogP contribution in [0, 0.1) is 5.41 Å². The maximum absolute atomic E-state index is 12.2. The molecule has 0 aromatic carbocycles. The van der Waals surface area contributed by atoms with Gasteiger partial charge in [-0.3, -0.25) is 0 Å². The first-order valence-electron chi connectivity index (χ1n) is 6.38. The lowest BCUT2D eigenvalue weighted by atomic mass is 9.97. The van der Waals surface area contributed by atoms with Crippen molar-refractivity contribution in [3.63, 3.8) is 0 Å². The van der Waals surface area contributed by atoms with Crippen molar-refractivity contribution in [2.75, 3.05) is 6.54 Å². The van der Waals surface area contributed by atoms with Crippen molar-refractivity contribution in [2.24, 2.45) is 5.41 Å². The van der Waals surface area contributed by atoms with Gasteiger partial charge in [0.15, 0.2) is 0 Å². The van der Waals surface area contributed by atoms with Crippen molar-refractivity contribution in [3.05, 3.63) is 16.6 Å². The Bertz CT molecular complexity index is 393. The summed E-state index contributed by atoms with van der Waals surface area (Å²) in [4.78, 5) is 18.4. The predicted octanol–water partition coefficient (Wildman–Crippen LogP) is 2.86. The molecule has 0 aliphatic heterocycles. The molecule has 1 fully saturated rings. The van der Waals surface area contributed by atoms with Crippen molar-refractivity contribution in [2.45, 2.75) is 46.2 Å². The summed E-state index contributed by atoms with van der Waals surface area (Å²) in [5.74, 6) is 0. The number of hydrogen-bond donors (Lipinski definition) is 1. The Morgan fingerprint density at radius 3 is 2.78 bits per heavy atom. The zero-order valence-electron chi connectivity index (χ0n) is 11.3. The van der Waals surface area contributed by atoms with Crippen molar-refractivity contribution in [1.29, 1.82) is 0 Å². The van der Waals surface area contributed by atoms with E-state index in [0.717, 1.165) is 17.8 Å². The molecule has 0 saturated heterocycles. The fourth-order valence-electron chi connectivity index (χ4n) is 1.67. The summed E-state index contributed by atoms with van der Waals surface area (Å²) >= 11 is 1.60. The molecular formula is C13H21N3OS. The number of carbonyl (C=O) groups excluding carboxylic acids is 1. The Hall–Kier alpha value is -1.10. The number of thiazole rings is 1. The molecule has 0 unspecified atom stereocenters. The number of aromatic nitrogens is 1. The van der Waals surface area contributed by atoms with Crippen LogP contribution in [0.1, 0.15) is 38.6 Å². The van der Waals surface area contributed by atoms with E-state index in [0.29, 0.717) is 19.1 Å². The summed E-state index contributed by atoms with van der Waals surface area (Å²) in [7, 11) is 0. The molecule has 1 aromatic rings. The maximum Gasteiger partial charge on any atom is 0.318 e. The van der Waals surface area contributed by atoms with Gasteiger partial charge in [0.1, 0.15) is 5.01 Å². The summed E-state index contributed by atoms with van der Waals surface area (Å²) in [6.45, 7) is 7.70. The molecule has 18 heavy (non-hydrogen) atoms. The van der Waals surface area contributed by atoms with Gasteiger partial charge in [0.2, 0.25) is 0 Å². The Morgan fingerprint density at radius 2 is 2.28 bits per heavy atom. The first-order chi connectivity index (χ1) is 8.46. The lowest BCUT2D eigenvalue weighted by molar-refractivity contribution is 0.187. The molecule has 0 radical (unpaired) electrons. The van der Waals surface area contributed by atoms with Gasteiger partial charge >= 0.3 is 6.03 Å². The molecule has 1 heterocycles. The van der Waals surface area contributed by atoms with E-state index in [1.54, 1.807) is 17.5 Å². The van der Waals surface area contributed by atoms with Gasteiger partial charge < -0.3 is 10.2 Å². The molecule has 1 saturated carbocycles. The topological polar surface area (TPSA) is 45.2 Å². The zero-order valence-corrected chi connectivity index (χ0v) is 12.1. The molecule has 0 atom stereocenters. The minimum absolute atomic E-state index is 0.0441. The number of rotatable bonds is 4. The summed E-state index contributed by atoms with van der Waals surface area (Å²) < 4.78 is 0. The normalized spacial score (nSPS) is 15.5. The highest BCUT2D eigenvalue weighted by molar-refractivity contribution is 7.09. The number of nitrogens with one attached hydrogen (secondary N) is 1.